The number of fused-ring (bicyclic) bond motifs is 1. The number of nitriles is 1. The minimum absolute atomic E-state index is 0.0418. The number of halogens is 1. The standard InChI is InChI=1S/C12H10FN3O2S/c1-19-16-10-6-8-7(5-12(10)18-13)4-9(15-8)11(17)2-3-14/h4-6,15-16H,2H2,1H3. The molecule has 2 aromatic rings. The summed E-state index contributed by atoms with van der Waals surface area (Å²) in [6.07, 6.45) is 1.60. The number of aromatic amines is 1. The van der Waals surface area contributed by atoms with Gasteiger partial charge in [0.1, 0.15) is 6.42 Å². The van der Waals surface area contributed by atoms with Crippen LogP contribution in [0, 0.1) is 11.3 Å². The molecule has 0 bridgehead atoms. The maximum absolute atomic E-state index is 12.5. The van der Waals surface area contributed by atoms with Crippen molar-refractivity contribution in [3.63, 3.8) is 0 Å². The number of Topliss-reactive ketones (excluding diaryl/α,β-unsaturated/α-hetero) is 1. The molecule has 98 valence electrons. The van der Waals surface area contributed by atoms with Crippen molar-refractivity contribution in [1.82, 2.24) is 4.98 Å². The van der Waals surface area contributed by atoms with E-state index in [1.807, 2.05) is 0 Å². The van der Waals surface area contributed by atoms with Crippen LogP contribution in [0.4, 0.5) is 10.2 Å². The molecule has 0 aliphatic carbocycles. The van der Waals surface area contributed by atoms with Gasteiger partial charge in [0.2, 0.25) is 0 Å². The quantitative estimate of drug-likeness (QED) is 0.649. The largest absolute Gasteiger partial charge is 0.352 e. The summed E-state index contributed by atoms with van der Waals surface area (Å²) < 4.78 is 15.3. The molecule has 0 fully saturated rings. The smallest absolute Gasteiger partial charge is 0.196 e. The van der Waals surface area contributed by atoms with Gasteiger partial charge in [0.15, 0.2) is 11.5 Å². The van der Waals surface area contributed by atoms with Crippen molar-refractivity contribution in [1.29, 1.82) is 5.26 Å². The van der Waals surface area contributed by atoms with Gasteiger partial charge < -0.3 is 9.71 Å². The van der Waals surface area contributed by atoms with Crippen molar-refractivity contribution in [2.24, 2.45) is 0 Å². The van der Waals surface area contributed by atoms with Crippen LogP contribution in [0.3, 0.4) is 0 Å². The number of H-pyrrole nitrogens is 1. The molecule has 19 heavy (non-hydrogen) atoms. The molecule has 1 aromatic carbocycles. The first kappa shape index (κ1) is 13.2. The Labute approximate surface area is 112 Å². The summed E-state index contributed by atoms with van der Waals surface area (Å²) in [5.74, 6) is -0.263. The van der Waals surface area contributed by atoms with E-state index in [1.54, 1.807) is 24.5 Å². The van der Waals surface area contributed by atoms with Gasteiger partial charge in [0, 0.05) is 21.7 Å². The van der Waals surface area contributed by atoms with Gasteiger partial charge >= 0.3 is 0 Å². The first-order valence-corrected chi connectivity index (χ1v) is 6.56. The average molecular weight is 279 g/mol. The minimum Gasteiger partial charge on any atom is -0.352 e. The van der Waals surface area contributed by atoms with Crippen LogP contribution in [-0.2, 0) is 0 Å². The van der Waals surface area contributed by atoms with E-state index in [0.29, 0.717) is 22.3 Å². The lowest BCUT2D eigenvalue weighted by atomic mass is 10.2. The summed E-state index contributed by atoms with van der Waals surface area (Å²) in [7, 11) is 0. The summed E-state index contributed by atoms with van der Waals surface area (Å²) in [6.45, 7) is 0. The zero-order chi connectivity index (χ0) is 13.8. The van der Waals surface area contributed by atoms with E-state index in [0.717, 1.165) is 0 Å². The van der Waals surface area contributed by atoms with Crippen LogP contribution in [0.5, 0.6) is 5.75 Å². The lowest BCUT2D eigenvalue weighted by molar-refractivity contribution is -0.00504. The molecule has 2 N–H and O–H groups in total. The molecule has 0 spiro atoms. The monoisotopic (exact) mass is 279 g/mol. The second kappa shape index (κ2) is 5.63. The Bertz CT molecular complexity index is 663. The van der Waals surface area contributed by atoms with Crippen LogP contribution in [0.2, 0.25) is 0 Å². The molecule has 1 aromatic heterocycles. The highest BCUT2D eigenvalue weighted by Crippen LogP contribution is 2.32. The molecule has 0 unspecified atom stereocenters. The van der Waals surface area contributed by atoms with Crippen LogP contribution in [0.25, 0.3) is 10.9 Å². The van der Waals surface area contributed by atoms with Crippen molar-refractivity contribution in [2.75, 3.05) is 11.0 Å². The third kappa shape index (κ3) is 2.63. The maximum atomic E-state index is 12.5. The van der Waals surface area contributed by atoms with Gasteiger partial charge in [0.25, 0.3) is 0 Å². The molecular formula is C12H10FN3O2S. The van der Waals surface area contributed by atoms with Crippen LogP contribution in [-0.4, -0.2) is 17.0 Å². The maximum Gasteiger partial charge on any atom is 0.196 e. The highest BCUT2D eigenvalue weighted by Gasteiger charge is 2.13. The van der Waals surface area contributed by atoms with E-state index in [9.17, 15) is 9.32 Å². The van der Waals surface area contributed by atoms with E-state index in [4.69, 9.17) is 5.26 Å². The summed E-state index contributed by atoms with van der Waals surface area (Å²) in [6, 6.07) is 6.49. The van der Waals surface area contributed by atoms with Gasteiger partial charge in [-0.15, -0.1) is 0 Å². The Morgan fingerprint density at radius 2 is 2.37 bits per heavy atom. The van der Waals surface area contributed by atoms with Gasteiger partial charge in [-0.2, -0.15) is 5.26 Å². The predicted molar refractivity (Wildman–Crippen MR) is 71.7 cm³/mol. The molecule has 5 nitrogen and oxygen atoms in total. The van der Waals surface area contributed by atoms with E-state index in [1.165, 1.54) is 18.0 Å². The van der Waals surface area contributed by atoms with E-state index >= 15 is 0 Å². The highest BCUT2D eigenvalue weighted by atomic mass is 32.2. The van der Waals surface area contributed by atoms with E-state index < -0.39 is 0 Å². The van der Waals surface area contributed by atoms with Gasteiger partial charge in [0.05, 0.1) is 17.5 Å². The lowest BCUT2D eigenvalue weighted by Crippen LogP contribution is -1.96. The first-order valence-electron chi connectivity index (χ1n) is 5.34. The second-order valence-corrected chi connectivity index (χ2v) is 4.37. The molecule has 0 saturated carbocycles. The summed E-state index contributed by atoms with van der Waals surface area (Å²) in [4.78, 5) is 18.3. The van der Waals surface area contributed by atoms with Gasteiger partial charge in [-0.3, -0.25) is 9.74 Å². The number of aromatic nitrogens is 1. The Balaban J connectivity index is 2.48. The number of rotatable bonds is 5. The van der Waals surface area contributed by atoms with Gasteiger partial charge in [-0.05, 0) is 18.2 Å². The van der Waals surface area contributed by atoms with Crippen molar-refractivity contribution in [3.05, 3.63) is 23.9 Å². The SMILES string of the molecule is CSNc1cc2[nH]c(C(=O)CC#N)cc2cc1OF. The first-order chi connectivity index (χ1) is 9.19. The molecule has 0 saturated heterocycles. The lowest BCUT2D eigenvalue weighted by Gasteiger charge is -2.05. The fraction of sp³-hybridized carbons (Fsp3) is 0.167. The number of ketones is 1. The molecule has 0 aliphatic rings. The van der Waals surface area contributed by atoms with Crippen LogP contribution >= 0.6 is 11.9 Å². The third-order valence-electron chi connectivity index (χ3n) is 2.56. The van der Waals surface area contributed by atoms with Crippen molar-refractivity contribution >= 4 is 34.3 Å². The Kier molecular flexibility index (Phi) is 3.92. The number of benzene rings is 1. The number of nitrogens with zero attached hydrogens (tertiary/aromatic N) is 1. The molecule has 0 aliphatic heterocycles. The summed E-state index contributed by atoms with van der Waals surface area (Å²) in [5, 5.41) is 9.14. The zero-order valence-electron chi connectivity index (χ0n) is 9.99. The second-order valence-electron chi connectivity index (χ2n) is 3.76. The van der Waals surface area contributed by atoms with Gasteiger partial charge in [-0.25, -0.2) is 0 Å². The highest BCUT2D eigenvalue weighted by molar-refractivity contribution is 7.99. The van der Waals surface area contributed by atoms with Crippen molar-refractivity contribution < 1.29 is 14.3 Å². The Morgan fingerprint density at radius 1 is 1.58 bits per heavy atom. The fourth-order valence-corrected chi connectivity index (χ4v) is 2.11. The van der Waals surface area contributed by atoms with Crippen molar-refractivity contribution in [2.45, 2.75) is 6.42 Å². The number of carbonyl (C=O) groups is 1. The number of hydrogen-bond donors (Lipinski definition) is 2. The third-order valence-corrected chi connectivity index (χ3v) is 2.98. The Hall–Kier alpha value is -2.20. The molecule has 0 amide bonds. The minimum atomic E-state index is -0.305. The summed E-state index contributed by atoms with van der Waals surface area (Å²) in [5.41, 5.74) is 1.45. The fourth-order valence-electron chi connectivity index (χ4n) is 1.73. The zero-order valence-corrected chi connectivity index (χ0v) is 10.8. The van der Waals surface area contributed by atoms with Crippen LogP contribution in [0.1, 0.15) is 16.9 Å². The number of carbonyl (C=O) groups excluding carboxylic acids is 1. The normalized spacial score (nSPS) is 10.2. The van der Waals surface area contributed by atoms with E-state index in [2.05, 4.69) is 14.6 Å². The predicted octanol–water partition coefficient (Wildman–Crippen LogP) is 3.22. The Morgan fingerprint density at radius 3 is 3.00 bits per heavy atom. The van der Waals surface area contributed by atoms with Crippen molar-refractivity contribution in [3.8, 4) is 11.8 Å². The molecular weight excluding hydrogens is 269 g/mol. The molecule has 2 rings (SSSR count). The van der Waals surface area contributed by atoms with Gasteiger partial charge in [-0.1, -0.05) is 11.9 Å². The number of nitrogens with one attached hydrogen (secondary N) is 2. The van der Waals surface area contributed by atoms with E-state index in [-0.39, 0.29) is 18.0 Å². The molecule has 0 radical (unpaired) electrons. The number of hydrogen-bond acceptors (Lipinski definition) is 5. The molecule has 0 atom stereocenters. The molecule has 1 heterocycles. The average Bonchev–Trinajstić information content (AvgIpc) is 2.81. The summed E-state index contributed by atoms with van der Waals surface area (Å²) >= 11 is 1.29. The molecule has 7 heteroatoms. The topological polar surface area (TPSA) is 77.9 Å². The number of anilines is 1. The van der Waals surface area contributed by atoms with Crippen LogP contribution < -0.4 is 9.66 Å². The van der Waals surface area contributed by atoms with Crippen LogP contribution in [0.15, 0.2) is 18.2 Å².